The number of rotatable bonds is 8. The van der Waals surface area contributed by atoms with Crippen molar-refractivity contribution in [3.05, 3.63) is 107 Å². The number of halogens is 2. The Hall–Kier alpha value is -2.55. The predicted molar refractivity (Wildman–Crippen MR) is 162 cm³/mol. The topological polar surface area (TPSA) is 65.9 Å². The van der Waals surface area contributed by atoms with Crippen molar-refractivity contribution >= 4 is 46.9 Å². The molecule has 1 N–H and O–H groups in total. The molecule has 2 atom stereocenters. The average Bonchev–Trinajstić information content (AvgIpc) is 3.78. The Kier molecular flexibility index (Phi) is 13.1. The highest BCUT2D eigenvalue weighted by Crippen LogP contribution is 2.39. The van der Waals surface area contributed by atoms with Gasteiger partial charge in [0.15, 0.2) is 0 Å². The summed E-state index contributed by atoms with van der Waals surface area (Å²) in [4.78, 5) is 19.1. The standard InChI is InChI=1S/C21H24ClN3O3S.C6H5Cl.C3H6/c22-16-6-4-15(5-7-16)19-13-28-14-21(27)25(19)17(12-26)11-24(29-18-8-9-18)20-3-1-2-10-23-20;7-6-4-2-1-3-5-6;1-3-2/h1-7,10,17-19,26H,8-9,11-14H2;1-5H;3H,1H2,2H3/t17-,19+;;/m1../s1. The quantitative estimate of drug-likeness (QED) is 0.230. The number of pyridine rings is 1. The van der Waals surface area contributed by atoms with Gasteiger partial charge in [0.2, 0.25) is 5.91 Å². The van der Waals surface area contributed by atoms with Gasteiger partial charge in [0, 0.05) is 21.5 Å². The Morgan fingerprint density at radius 1 is 1.10 bits per heavy atom. The third-order valence-electron chi connectivity index (χ3n) is 5.80. The molecule has 208 valence electrons. The van der Waals surface area contributed by atoms with E-state index in [-0.39, 0.29) is 31.2 Å². The van der Waals surface area contributed by atoms with Gasteiger partial charge < -0.3 is 14.7 Å². The minimum absolute atomic E-state index is 0.0277. The summed E-state index contributed by atoms with van der Waals surface area (Å²) < 4.78 is 7.64. The molecule has 1 aromatic heterocycles. The van der Waals surface area contributed by atoms with Crippen molar-refractivity contribution < 1.29 is 14.6 Å². The number of aliphatic hydroxyl groups excluding tert-OH is 1. The minimum Gasteiger partial charge on any atom is -0.394 e. The summed E-state index contributed by atoms with van der Waals surface area (Å²) in [5.41, 5.74) is 0.945. The molecule has 39 heavy (non-hydrogen) atoms. The molecule has 0 radical (unpaired) electrons. The number of hydrogen-bond acceptors (Lipinski definition) is 6. The highest BCUT2D eigenvalue weighted by Gasteiger charge is 2.37. The first-order valence-corrected chi connectivity index (χ1v) is 14.4. The number of carbonyl (C=O) groups is 1. The number of allylic oxidation sites excluding steroid dienone is 1. The number of nitrogens with zero attached hydrogens (tertiary/aromatic N) is 3. The summed E-state index contributed by atoms with van der Waals surface area (Å²) in [5.74, 6) is 0.722. The van der Waals surface area contributed by atoms with E-state index in [9.17, 15) is 9.90 Å². The van der Waals surface area contributed by atoms with E-state index in [1.807, 2.05) is 79.7 Å². The van der Waals surface area contributed by atoms with E-state index in [1.54, 1.807) is 29.1 Å². The summed E-state index contributed by atoms with van der Waals surface area (Å²) >= 11 is 13.3. The van der Waals surface area contributed by atoms with Crippen LogP contribution in [0.1, 0.15) is 31.4 Å². The lowest BCUT2D eigenvalue weighted by Gasteiger charge is -2.42. The number of amides is 1. The van der Waals surface area contributed by atoms with Gasteiger partial charge in [0.25, 0.3) is 0 Å². The fourth-order valence-corrected chi connectivity index (χ4v) is 5.32. The first-order valence-electron chi connectivity index (χ1n) is 12.8. The SMILES string of the molecule is C=CC.Clc1ccccc1.O=C1COC[C@@H](c2ccc(Cl)cc2)N1[C@@H](CO)CN(SC1CC1)c1ccccn1. The molecular weight excluding hydrogens is 553 g/mol. The van der Waals surface area contributed by atoms with E-state index in [2.05, 4.69) is 15.9 Å². The molecule has 1 aliphatic carbocycles. The molecule has 3 aromatic rings. The molecule has 2 aromatic carbocycles. The van der Waals surface area contributed by atoms with E-state index >= 15 is 0 Å². The number of benzene rings is 2. The summed E-state index contributed by atoms with van der Waals surface area (Å²) in [6.45, 7) is 6.03. The number of hydrogen-bond donors (Lipinski definition) is 1. The van der Waals surface area contributed by atoms with Gasteiger partial charge in [-0.3, -0.25) is 9.10 Å². The summed E-state index contributed by atoms with van der Waals surface area (Å²) in [6, 6.07) is 22.0. The number of anilines is 1. The zero-order valence-corrected chi connectivity index (χ0v) is 24.4. The number of aromatic nitrogens is 1. The first-order chi connectivity index (χ1) is 19.0. The van der Waals surface area contributed by atoms with E-state index in [0.29, 0.717) is 23.4 Å². The zero-order chi connectivity index (χ0) is 28.0. The van der Waals surface area contributed by atoms with Crippen molar-refractivity contribution in [2.24, 2.45) is 0 Å². The lowest BCUT2D eigenvalue weighted by molar-refractivity contribution is -0.153. The van der Waals surface area contributed by atoms with Crippen LogP contribution < -0.4 is 4.31 Å². The lowest BCUT2D eigenvalue weighted by atomic mass is 10.0. The molecular formula is C30H35Cl2N3O3S. The van der Waals surface area contributed by atoms with Crippen molar-refractivity contribution in [1.29, 1.82) is 0 Å². The van der Waals surface area contributed by atoms with Crippen molar-refractivity contribution in [3.8, 4) is 0 Å². The smallest absolute Gasteiger partial charge is 0.249 e. The highest BCUT2D eigenvalue weighted by atomic mass is 35.5. The molecule has 5 rings (SSSR count). The van der Waals surface area contributed by atoms with E-state index in [4.69, 9.17) is 27.9 Å². The number of ether oxygens (including phenoxy) is 1. The molecule has 2 fully saturated rings. The Morgan fingerprint density at radius 3 is 2.28 bits per heavy atom. The van der Waals surface area contributed by atoms with Crippen molar-refractivity contribution in [2.75, 3.05) is 30.7 Å². The van der Waals surface area contributed by atoms with Crippen LogP contribution in [-0.4, -0.2) is 58.6 Å². The normalized spacial score (nSPS) is 17.2. The van der Waals surface area contributed by atoms with Gasteiger partial charge in [-0.1, -0.05) is 65.7 Å². The molecule has 1 aliphatic heterocycles. The van der Waals surface area contributed by atoms with Gasteiger partial charge in [0.05, 0.1) is 31.8 Å². The largest absolute Gasteiger partial charge is 0.394 e. The fourth-order valence-electron chi connectivity index (χ4n) is 3.87. The Morgan fingerprint density at radius 2 is 1.74 bits per heavy atom. The Bertz CT molecular complexity index is 1140. The van der Waals surface area contributed by atoms with Crippen molar-refractivity contribution in [2.45, 2.75) is 37.1 Å². The average molecular weight is 589 g/mol. The Labute approximate surface area is 245 Å². The highest BCUT2D eigenvalue weighted by molar-refractivity contribution is 8.01. The van der Waals surface area contributed by atoms with Gasteiger partial charge in [0.1, 0.15) is 12.4 Å². The van der Waals surface area contributed by atoms with Gasteiger partial charge in [-0.15, -0.1) is 6.58 Å². The molecule has 6 nitrogen and oxygen atoms in total. The lowest BCUT2D eigenvalue weighted by Crippen LogP contribution is -2.54. The van der Waals surface area contributed by atoms with Gasteiger partial charge in [-0.05, 0) is 73.7 Å². The van der Waals surface area contributed by atoms with Crippen LogP contribution in [0.25, 0.3) is 0 Å². The molecule has 1 saturated heterocycles. The van der Waals surface area contributed by atoms with Crippen LogP contribution in [0.4, 0.5) is 5.82 Å². The number of morpholine rings is 1. The maximum atomic E-state index is 12.8. The van der Waals surface area contributed by atoms with E-state index in [1.165, 1.54) is 12.8 Å². The van der Waals surface area contributed by atoms with Crippen LogP contribution in [-0.2, 0) is 9.53 Å². The van der Waals surface area contributed by atoms with Crippen LogP contribution in [0.3, 0.4) is 0 Å². The zero-order valence-electron chi connectivity index (χ0n) is 22.0. The second kappa shape index (κ2) is 16.5. The van der Waals surface area contributed by atoms with Crippen molar-refractivity contribution in [3.63, 3.8) is 0 Å². The second-order valence-electron chi connectivity index (χ2n) is 8.98. The van der Waals surface area contributed by atoms with E-state index in [0.717, 1.165) is 16.4 Å². The van der Waals surface area contributed by atoms with Gasteiger partial charge in [-0.2, -0.15) is 0 Å². The monoisotopic (exact) mass is 587 g/mol. The molecule has 1 saturated carbocycles. The number of aliphatic hydroxyl groups is 1. The van der Waals surface area contributed by atoms with Crippen LogP contribution in [0.2, 0.25) is 10.0 Å². The third kappa shape index (κ3) is 10.2. The molecule has 2 aliphatic rings. The fraction of sp³-hybridized carbons (Fsp3) is 0.333. The van der Waals surface area contributed by atoms with Gasteiger partial charge >= 0.3 is 0 Å². The van der Waals surface area contributed by atoms with Crippen LogP contribution in [0.15, 0.2) is 91.6 Å². The second-order valence-corrected chi connectivity index (χ2v) is 11.2. The maximum Gasteiger partial charge on any atom is 0.249 e. The summed E-state index contributed by atoms with van der Waals surface area (Å²) in [5, 5.41) is 12.2. The molecule has 0 unspecified atom stereocenters. The summed E-state index contributed by atoms with van der Waals surface area (Å²) in [7, 11) is 0. The maximum absolute atomic E-state index is 12.8. The molecule has 0 spiro atoms. The van der Waals surface area contributed by atoms with Crippen molar-refractivity contribution in [1.82, 2.24) is 9.88 Å². The molecule has 2 heterocycles. The van der Waals surface area contributed by atoms with Gasteiger partial charge in [-0.25, -0.2) is 4.98 Å². The predicted octanol–water partition coefficient (Wildman–Crippen LogP) is 6.85. The van der Waals surface area contributed by atoms with E-state index < -0.39 is 0 Å². The van der Waals surface area contributed by atoms with Crippen LogP contribution >= 0.6 is 35.1 Å². The first kappa shape index (κ1) is 31.0. The molecule has 9 heteroatoms. The van der Waals surface area contributed by atoms with Crippen LogP contribution in [0, 0.1) is 0 Å². The number of carbonyl (C=O) groups excluding carboxylic acids is 1. The molecule has 0 bridgehead atoms. The third-order valence-corrected chi connectivity index (χ3v) is 7.66. The Balaban J connectivity index is 0.000000356. The van der Waals surface area contributed by atoms with Crippen LogP contribution in [0.5, 0.6) is 0 Å². The molecule has 1 amide bonds. The minimum atomic E-state index is -0.375. The summed E-state index contributed by atoms with van der Waals surface area (Å²) in [6.07, 6.45) is 5.88.